The number of aryl methyl sites for hydroxylation is 3. The largest absolute Gasteiger partial charge is 0.392 e. The van der Waals surface area contributed by atoms with Gasteiger partial charge in [0.05, 0.1) is 12.3 Å². The maximum absolute atomic E-state index is 10.4. The molecule has 1 aliphatic carbocycles. The molecule has 2 atom stereocenters. The lowest BCUT2D eigenvalue weighted by atomic mass is 9.92. The average molecular weight is 256 g/mol. The first-order valence-electron chi connectivity index (χ1n) is 6.97. The van der Waals surface area contributed by atoms with E-state index in [-0.39, 0.29) is 6.10 Å². The third-order valence-electron chi connectivity index (χ3n) is 4.13. The van der Waals surface area contributed by atoms with Gasteiger partial charge in [0.1, 0.15) is 0 Å². The highest BCUT2D eigenvalue weighted by molar-refractivity contribution is 5.35. The van der Waals surface area contributed by atoms with E-state index in [2.05, 4.69) is 29.4 Å². The number of aromatic nitrogens is 2. The molecular weight excluding hydrogens is 236 g/mol. The van der Waals surface area contributed by atoms with E-state index in [9.17, 15) is 5.11 Å². The summed E-state index contributed by atoms with van der Waals surface area (Å²) in [6.45, 7) is 0. The standard InChI is InChI=1S/C16H20N2O/c1-18-11-12(10-17-18)6-9-16(19)15-8-7-13-4-2-3-5-14(13)15/h2-5,10-11,15-16,19H,6-9H2,1H3. The molecule has 3 nitrogen and oxygen atoms in total. The van der Waals surface area contributed by atoms with Crippen LogP contribution >= 0.6 is 0 Å². The molecule has 1 aromatic carbocycles. The first-order valence-corrected chi connectivity index (χ1v) is 6.97. The molecule has 2 aromatic rings. The predicted octanol–water partition coefficient (Wildman–Crippen LogP) is 2.44. The smallest absolute Gasteiger partial charge is 0.0612 e. The van der Waals surface area contributed by atoms with E-state index in [0.717, 1.165) is 25.7 Å². The molecule has 0 saturated heterocycles. The second-order valence-corrected chi connectivity index (χ2v) is 5.47. The van der Waals surface area contributed by atoms with Crippen molar-refractivity contribution in [2.45, 2.75) is 37.7 Å². The molecule has 1 heterocycles. The lowest BCUT2D eigenvalue weighted by molar-refractivity contribution is 0.133. The minimum Gasteiger partial charge on any atom is -0.392 e. The first-order chi connectivity index (χ1) is 9.24. The molecule has 3 heteroatoms. The molecule has 1 N–H and O–H groups in total. The Hall–Kier alpha value is -1.61. The Balaban J connectivity index is 1.64. The fourth-order valence-electron chi connectivity index (χ4n) is 3.11. The summed E-state index contributed by atoms with van der Waals surface area (Å²) in [7, 11) is 1.92. The van der Waals surface area contributed by atoms with Gasteiger partial charge >= 0.3 is 0 Å². The van der Waals surface area contributed by atoms with E-state index < -0.39 is 0 Å². The third kappa shape index (κ3) is 2.56. The normalized spacial score (nSPS) is 19.4. The van der Waals surface area contributed by atoms with E-state index in [1.54, 1.807) is 0 Å². The van der Waals surface area contributed by atoms with Crippen LogP contribution < -0.4 is 0 Å². The number of fused-ring (bicyclic) bond motifs is 1. The van der Waals surface area contributed by atoms with Crippen LogP contribution in [0, 0.1) is 0 Å². The Labute approximate surface area is 113 Å². The Morgan fingerprint density at radius 1 is 1.42 bits per heavy atom. The Kier molecular flexibility index (Phi) is 3.38. The Morgan fingerprint density at radius 2 is 2.26 bits per heavy atom. The van der Waals surface area contributed by atoms with Crippen LogP contribution in [0.5, 0.6) is 0 Å². The second kappa shape index (κ2) is 5.17. The zero-order valence-electron chi connectivity index (χ0n) is 11.3. The number of rotatable bonds is 4. The van der Waals surface area contributed by atoms with E-state index >= 15 is 0 Å². The zero-order chi connectivity index (χ0) is 13.2. The van der Waals surface area contributed by atoms with Gasteiger partial charge in [-0.15, -0.1) is 0 Å². The van der Waals surface area contributed by atoms with Crippen molar-refractivity contribution in [1.29, 1.82) is 0 Å². The molecule has 0 saturated carbocycles. The van der Waals surface area contributed by atoms with E-state index in [0.29, 0.717) is 5.92 Å². The van der Waals surface area contributed by atoms with Crippen LogP contribution in [0.2, 0.25) is 0 Å². The first kappa shape index (κ1) is 12.4. The van der Waals surface area contributed by atoms with Gasteiger partial charge in [0.15, 0.2) is 0 Å². The van der Waals surface area contributed by atoms with Crippen LogP contribution in [-0.2, 0) is 19.9 Å². The third-order valence-corrected chi connectivity index (χ3v) is 4.13. The van der Waals surface area contributed by atoms with Crippen molar-refractivity contribution < 1.29 is 5.11 Å². The number of hydrogen-bond donors (Lipinski definition) is 1. The topological polar surface area (TPSA) is 38.0 Å². The molecular formula is C16H20N2O. The molecule has 0 spiro atoms. The van der Waals surface area contributed by atoms with Crippen LogP contribution in [0.25, 0.3) is 0 Å². The minimum absolute atomic E-state index is 0.246. The molecule has 3 rings (SSSR count). The fourth-order valence-corrected chi connectivity index (χ4v) is 3.11. The van der Waals surface area contributed by atoms with Gasteiger partial charge < -0.3 is 5.11 Å². The van der Waals surface area contributed by atoms with Crippen molar-refractivity contribution in [3.8, 4) is 0 Å². The summed E-state index contributed by atoms with van der Waals surface area (Å²) in [5, 5.41) is 14.6. The summed E-state index contributed by atoms with van der Waals surface area (Å²) >= 11 is 0. The van der Waals surface area contributed by atoms with Gasteiger partial charge in [-0.1, -0.05) is 24.3 Å². The average Bonchev–Trinajstić information content (AvgIpc) is 3.02. The Bertz CT molecular complexity index is 561. The second-order valence-electron chi connectivity index (χ2n) is 5.47. The van der Waals surface area contributed by atoms with Crippen molar-refractivity contribution in [1.82, 2.24) is 9.78 Å². The van der Waals surface area contributed by atoms with Crippen molar-refractivity contribution >= 4 is 0 Å². The van der Waals surface area contributed by atoms with Crippen LogP contribution in [-0.4, -0.2) is 21.0 Å². The number of nitrogens with zero attached hydrogens (tertiary/aromatic N) is 2. The molecule has 0 bridgehead atoms. The molecule has 0 aliphatic heterocycles. The highest BCUT2D eigenvalue weighted by Gasteiger charge is 2.27. The lowest BCUT2D eigenvalue weighted by Gasteiger charge is -2.18. The van der Waals surface area contributed by atoms with Gasteiger partial charge in [0.2, 0.25) is 0 Å². The predicted molar refractivity (Wildman–Crippen MR) is 75.0 cm³/mol. The van der Waals surface area contributed by atoms with E-state index in [4.69, 9.17) is 0 Å². The number of benzene rings is 1. The van der Waals surface area contributed by atoms with Gasteiger partial charge in [0.25, 0.3) is 0 Å². The van der Waals surface area contributed by atoms with E-state index in [1.807, 2.05) is 24.1 Å². The lowest BCUT2D eigenvalue weighted by Crippen LogP contribution is -2.17. The molecule has 0 radical (unpaired) electrons. The van der Waals surface area contributed by atoms with Gasteiger partial charge in [-0.3, -0.25) is 4.68 Å². The Morgan fingerprint density at radius 3 is 3.05 bits per heavy atom. The monoisotopic (exact) mass is 256 g/mol. The van der Waals surface area contributed by atoms with Gasteiger partial charge in [-0.05, 0) is 42.4 Å². The van der Waals surface area contributed by atoms with Crippen molar-refractivity contribution in [3.63, 3.8) is 0 Å². The van der Waals surface area contributed by atoms with Crippen molar-refractivity contribution in [2.24, 2.45) is 7.05 Å². The van der Waals surface area contributed by atoms with Crippen molar-refractivity contribution in [2.75, 3.05) is 0 Å². The van der Waals surface area contributed by atoms with Crippen LogP contribution in [0.15, 0.2) is 36.7 Å². The van der Waals surface area contributed by atoms with Crippen LogP contribution in [0.4, 0.5) is 0 Å². The van der Waals surface area contributed by atoms with E-state index in [1.165, 1.54) is 16.7 Å². The molecule has 19 heavy (non-hydrogen) atoms. The SMILES string of the molecule is Cn1cc(CCC(O)C2CCc3ccccc32)cn1. The molecule has 1 aromatic heterocycles. The molecule has 0 fully saturated rings. The molecule has 100 valence electrons. The van der Waals surface area contributed by atoms with Gasteiger partial charge in [0, 0.05) is 19.2 Å². The number of aliphatic hydroxyl groups is 1. The maximum atomic E-state index is 10.4. The number of aliphatic hydroxyl groups excluding tert-OH is 1. The van der Waals surface area contributed by atoms with Crippen molar-refractivity contribution in [3.05, 3.63) is 53.3 Å². The molecule has 0 amide bonds. The number of hydrogen-bond acceptors (Lipinski definition) is 2. The fraction of sp³-hybridized carbons (Fsp3) is 0.438. The summed E-state index contributed by atoms with van der Waals surface area (Å²) in [4.78, 5) is 0. The van der Waals surface area contributed by atoms with Crippen LogP contribution in [0.3, 0.4) is 0 Å². The molecule has 2 unspecified atom stereocenters. The summed E-state index contributed by atoms with van der Waals surface area (Å²) in [6, 6.07) is 8.51. The summed E-state index contributed by atoms with van der Waals surface area (Å²) in [6.07, 6.45) is 7.55. The highest BCUT2D eigenvalue weighted by Crippen LogP contribution is 2.36. The maximum Gasteiger partial charge on any atom is 0.0612 e. The quantitative estimate of drug-likeness (QED) is 0.912. The van der Waals surface area contributed by atoms with Crippen LogP contribution in [0.1, 0.15) is 35.4 Å². The highest BCUT2D eigenvalue weighted by atomic mass is 16.3. The molecule has 1 aliphatic rings. The van der Waals surface area contributed by atoms with Gasteiger partial charge in [-0.25, -0.2) is 0 Å². The van der Waals surface area contributed by atoms with Gasteiger partial charge in [-0.2, -0.15) is 5.10 Å². The summed E-state index contributed by atoms with van der Waals surface area (Å²) < 4.78 is 1.81. The minimum atomic E-state index is -0.246. The summed E-state index contributed by atoms with van der Waals surface area (Å²) in [5.74, 6) is 0.313. The summed E-state index contributed by atoms with van der Waals surface area (Å²) in [5.41, 5.74) is 3.96. The zero-order valence-corrected chi connectivity index (χ0v) is 11.3.